The molecule has 0 aliphatic rings. The van der Waals surface area contributed by atoms with E-state index in [2.05, 4.69) is 18.7 Å². The van der Waals surface area contributed by atoms with Crippen molar-refractivity contribution >= 4 is 0 Å². The Labute approximate surface area is 70.2 Å². The van der Waals surface area contributed by atoms with Crippen molar-refractivity contribution in [2.45, 2.75) is 33.1 Å². The second-order valence-electron chi connectivity index (χ2n) is 2.86. The Morgan fingerprint density at radius 3 is 2.18 bits per heavy atom. The van der Waals surface area contributed by atoms with E-state index in [1.165, 1.54) is 19.4 Å². The van der Waals surface area contributed by atoms with Gasteiger partial charge in [-0.05, 0) is 25.9 Å². The highest BCUT2D eigenvalue weighted by molar-refractivity contribution is 4.54. The summed E-state index contributed by atoms with van der Waals surface area (Å²) in [5.41, 5.74) is 0. The van der Waals surface area contributed by atoms with E-state index >= 15 is 0 Å². The molecule has 0 rings (SSSR count). The largest absolute Gasteiger partial charge is 0.396 e. The highest BCUT2D eigenvalue weighted by atomic mass is 16.3. The zero-order valence-corrected chi connectivity index (χ0v) is 7.84. The molecule has 0 aromatic carbocycles. The van der Waals surface area contributed by atoms with Crippen molar-refractivity contribution in [2.24, 2.45) is 0 Å². The molecule has 11 heavy (non-hydrogen) atoms. The molecule has 2 nitrogen and oxygen atoms in total. The predicted octanol–water partition coefficient (Wildman–Crippen LogP) is 1.49. The van der Waals surface area contributed by atoms with Crippen molar-refractivity contribution in [3.8, 4) is 0 Å². The summed E-state index contributed by atoms with van der Waals surface area (Å²) in [6.07, 6.45) is 3.45. The Hall–Kier alpha value is -0.0800. The number of aliphatic hydroxyl groups is 1. The maximum absolute atomic E-state index is 8.61. The standard InChI is InChI=1S/C9H21NO/c1-3-5-7-10(4-2)8-6-9-11/h11H,3-9H2,1-2H3. The number of unbranched alkanes of at least 4 members (excludes halogenated alkanes) is 1. The molecule has 0 aromatic heterocycles. The van der Waals surface area contributed by atoms with Crippen LogP contribution >= 0.6 is 0 Å². The molecule has 0 atom stereocenters. The van der Waals surface area contributed by atoms with E-state index in [0.717, 1.165) is 19.5 Å². The summed E-state index contributed by atoms with van der Waals surface area (Å²) in [7, 11) is 0. The van der Waals surface area contributed by atoms with Gasteiger partial charge in [0.25, 0.3) is 0 Å². The van der Waals surface area contributed by atoms with Crippen LogP contribution < -0.4 is 0 Å². The molecule has 0 bridgehead atoms. The first-order chi connectivity index (χ1) is 5.35. The number of hydrogen-bond donors (Lipinski definition) is 1. The maximum Gasteiger partial charge on any atom is 0.0443 e. The van der Waals surface area contributed by atoms with Gasteiger partial charge >= 0.3 is 0 Å². The fraction of sp³-hybridized carbons (Fsp3) is 1.00. The third-order valence-corrected chi connectivity index (χ3v) is 1.91. The molecule has 1 N–H and O–H groups in total. The fourth-order valence-electron chi connectivity index (χ4n) is 1.10. The highest BCUT2D eigenvalue weighted by Gasteiger charge is 1.98. The highest BCUT2D eigenvalue weighted by Crippen LogP contribution is 1.95. The molecule has 68 valence electrons. The quantitative estimate of drug-likeness (QED) is 0.608. The number of rotatable bonds is 7. The number of hydrogen-bond acceptors (Lipinski definition) is 2. The van der Waals surface area contributed by atoms with Crippen LogP contribution in [0.15, 0.2) is 0 Å². The average Bonchev–Trinajstić information content (AvgIpc) is 2.05. The summed E-state index contributed by atoms with van der Waals surface area (Å²) >= 11 is 0. The van der Waals surface area contributed by atoms with Crippen molar-refractivity contribution in [1.29, 1.82) is 0 Å². The van der Waals surface area contributed by atoms with Gasteiger partial charge in [-0.15, -0.1) is 0 Å². The SMILES string of the molecule is CCCCN(CC)CCCO. The summed E-state index contributed by atoms with van der Waals surface area (Å²) in [5.74, 6) is 0. The predicted molar refractivity (Wildman–Crippen MR) is 48.7 cm³/mol. The van der Waals surface area contributed by atoms with Crippen molar-refractivity contribution in [3.63, 3.8) is 0 Å². The topological polar surface area (TPSA) is 23.5 Å². The first kappa shape index (κ1) is 10.9. The van der Waals surface area contributed by atoms with Crippen LogP contribution in [0, 0.1) is 0 Å². The van der Waals surface area contributed by atoms with Crippen LogP contribution in [0.1, 0.15) is 33.1 Å². The van der Waals surface area contributed by atoms with E-state index in [1.54, 1.807) is 0 Å². The summed E-state index contributed by atoms with van der Waals surface area (Å²) in [6, 6.07) is 0. The molecule has 0 unspecified atom stereocenters. The molecule has 0 radical (unpaired) electrons. The molecule has 0 aliphatic heterocycles. The van der Waals surface area contributed by atoms with Gasteiger partial charge in [-0.3, -0.25) is 0 Å². The minimum absolute atomic E-state index is 0.322. The Morgan fingerprint density at radius 2 is 1.73 bits per heavy atom. The number of aliphatic hydroxyl groups excluding tert-OH is 1. The second kappa shape index (κ2) is 8.02. The normalized spacial score (nSPS) is 10.9. The molecule has 0 spiro atoms. The molecular weight excluding hydrogens is 138 g/mol. The van der Waals surface area contributed by atoms with Gasteiger partial charge in [0.05, 0.1) is 0 Å². The fourth-order valence-corrected chi connectivity index (χ4v) is 1.10. The third kappa shape index (κ3) is 6.32. The molecule has 0 heterocycles. The van der Waals surface area contributed by atoms with Crippen LogP contribution in [0.5, 0.6) is 0 Å². The van der Waals surface area contributed by atoms with Crippen molar-refractivity contribution in [3.05, 3.63) is 0 Å². The maximum atomic E-state index is 8.61. The van der Waals surface area contributed by atoms with Gasteiger partial charge in [0.15, 0.2) is 0 Å². The van der Waals surface area contributed by atoms with Crippen LogP contribution in [0.3, 0.4) is 0 Å². The zero-order chi connectivity index (χ0) is 8.53. The Bertz CT molecular complexity index is 68.0. The lowest BCUT2D eigenvalue weighted by Crippen LogP contribution is -2.26. The zero-order valence-electron chi connectivity index (χ0n) is 7.84. The van der Waals surface area contributed by atoms with Gasteiger partial charge in [0.2, 0.25) is 0 Å². The van der Waals surface area contributed by atoms with E-state index in [1.807, 2.05) is 0 Å². The van der Waals surface area contributed by atoms with Gasteiger partial charge in [-0.2, -0.15) is 0 Å². The van der Waals surface area contributed by atoms with Crippen molar-refractivity contribution in [2.75, 3.05) is 26.2 Å². The van der Waals surface area contributed by atoms with Crippen molar-refractivity contribution < 1.29 is 5.11 Å². The van der Waals surface area contributed by atoms with Gasteiger partial charge in [0, 0.05) is 13.2 Å². The van der Waals surface area contributed by atoms with E-state index in [4.69, 9.17) is 5.11 Å². The summed E-state index contributed by atoms with van der Waals surface area (Å²) in [5, 5.41) is 8.61. The lowest BCUT2D eigenvalue weighted by molar-refractivity contribution is 0.228. The summed E-state index contributed by atoms with van der Waals surface area (Å²) in [6.45, 7) is 8.05. The second-order valence-corrected chi connectivity index (χ2v) is 2.86. The molecule has 0 aliphatic carbocycles. The first-order valence-corrected chi connectivity index (χ1v) is 4.68. The Kier molecular flexibility index (Phi) is 7.96. The molecule has 0 aromatic rings. The molecule has 0 saturated carbocycles. The molecule has 0 amide bonds. The van der Waals surface area contributed by atoms with Crippen LogP contribution in [0.25, 0.3) is 0 Å². The van der Waals surface area contributed by atoms with Gasteiger partial charge in [-0.25, -0.2) is 0 Å². The third-order valence-electron chi connectivity index (χ3n) is 1.91. The Morgan fingerprint density at radius 1 is 1.09 bits per heavy atom. The molecule has 0 saturated heterocycles. The smallest absolute Gasteiger partial charge is 0.0443 e. The molecule has 0 fully saturated rings. The molecular formula is C9H21NO. The number of nitrogens with zero attached hydrogens (tertiary/aromatic N) is 1. The van der Waals surface area contributed by atoms with Gasteiger partial charge < -0.3 is 10.0 Å². The summed E-state index contributed by atoms with van der Waals surface area (Å²) in [4.78, 5) is 2.39. The lowest BCUT2D eigenvalue weighted by atomic mass is 10.3. The molecule has 2 heteroatoms. The van der Waals surface area contributed by atoms with Crippen LogP contribution in [0.4, 0.5) is 0 Å². The van der Waals surface area contributed by atoms with E-state index in [9.17, 15) is 0 Å². The van der Waals surface area contributed by atoms with Crippen LogP contribution in [0.2, 0.25) is 0 Å². The average molecular weight is 159 g/mol. The first-order valence-electron chi connectivity index (χ1n) is 4.68. The monoisotopic (exact) mass is 159 g/mol. The minimum atomic E-state index is 0.322. The Balaban J connectivity index is 3.25. The lowest BCUT2D eigenvalue weighted by Gasteiger charge is -2.18. The van der Waals surface area contributed by atoms with E-state index in [0.29, 0.717) is 6.61 Å². The van der Waals surface area contributed by atoms with Crippen LogP contribution in [-0.2, 0) is 0 Å². The minimum Gasteiger partial charge on any atom is -0.396 e. The summed E-state index contributed by atoms with van der Waals surface area (Å²) < 4.78 is 0. The van der Waals surface area contributed by atoms with Gasteiger partial charge in [-0.1, -0.05) is 20.3 Å². The van der Waals surface area contributed by atoms with E-state index < -0.39 is 0 Å². The van der Waals surface area contributed by atoms with Crippen molar-refractivity contribution in [1.82, 2.24) is 4.90 Å². The van der Waals surface area contributed by atoms with Crippen LogP contribution in [-0.4, -0.2) is 36.2 Å². The van der Waals surface area contributed by atoms with Gasteiger partial charge in [0.1, 0.15) is 0 Å². The van der Waals surface area contributed by atoms with E-state index in [-0.39, 0.29) is 0 Å².